The number of carbonyl (C=O) groups is 1. The highest BCUT2D eigenvalue weighted by Crippen LogP contribution is 2.37. The van der Waals surface area contributed by atoms with E-state index in [9.17, 15) is 18.3 Å². The number of nitrogens with zero attached hydrogens (tertiary/aromatic N) is 2. The lowest BCUT2D eigenvalue weighted by Gasteiger charge is -2.37. The fourth-order valence-corrected chi connectivity index (χ4v) is 6.08. The van der Waals surface area contributed by atoms with Crippen molar-refractivity contribution in [3.8, 4) is 16.9 Å². The van der Waals surface area contributed by atoms with E-state index < -0.39 is 22.2 Å². The molecule has 8 heteroatoms. The predicted octanol–water partition coefficient (Wildman–Crippen LogP) is 2.99. The van der Waals surface area contributed by atoms with Crippen LogP contribution in [0.3, 0.4) is 0 Å². The van der Waals surface area contributed by atoms with E-state index in [2.05, 4.69) is 0 Å². The first-order chi connectivity index (χ1) is 15.7. The molecule has 0 radical (unpaired) electrons. The number of rotatable bonds is 6. The molecule has 0 spiro atoms. The number of ether oxygens (including phenoxy) is 1. The van der Waals surface area contributed by atoms with Gasteiger partial charge < -0.3 is 14.7 Å². The molecule has 2 aromatic rings. The Bertz CT molecular complexity index is 1100. The average Bonchev–Trinajstić information content (AvgIpc) is 3.66. The molecular weight excluding hydrogens is 440 g/mol. The first-order valence-electron chi connectivity index (χ1n) is 11.5. The van der Waals surface area contributed by atoms with E-state index in [0.29, 0.717) is 6.54 Å². The lowest BCUT2D eigenvalue weighted by molar-refractivity contribution is -0.132. The Morgan fingerprint density at radius 1 is 1.18 bits per heavy atom. The molecule has 33 heavy (non-hydrogen) atoms. The summed E-state index contributed by atoms with van der Waals surface area (Å²) in [5.74, 6) is 0.286. The quantitative estimate of drug-likeness (QED) is 0.699. The van der Waals surface area contributed by atoms with Crippen LogP contribution in [0.1, 0.15) is 26.7 Å². The third-order valence-corrected chi connectivity index (χ3v) is 8.55. The van der Waals surface area contributed by atoms with Crippen molar-refractivity contribution in [2.75, 3.05) is 26.7 Å². The van der Waals surface area contributed by atoms with Crippen molar-refractivity contribution in [1.82, 2.24) is 9.21 Å². The van der Waals surface area contributed by atoms with Crippen LogP contribution in [0.4, 0.5) is 0 Å². The van der Waals surface area contributed by atoms with Crippen LogP contribution >= 0.6 is 0 Å². The Balaban J connectivity index is 1.76. The van der Waals surface area contributed by atoms with Gasteiger partial charge in [0.05, 0.1) is 13.2 Å². The van der Waals surface area contributed by atoms with E-state index in [1.165, 1.54) is 4.31 Å². The number of benzene rings is 2. The van der Waals surface area contributed by atoms with Gasteiger partial charge >= 0.3 is 0 Å². The zero-order valence-electron chi connectivity index (χ0n) is 19.3. The molecule has 0 saturated heterocycles. The number of amides is 1. The molecule has 2 aliphatic rings. The molecule has 0 unspecified atom stereocenters. The number of hydrogen-bond donors (Lipinski definition) is 1. The van der Waals surface area contributed by atoms with Crippen LogP contribution in [0.2, 0.25) is 0 Å². The zero-order valence-corrected chi connectivity index (χ0v) is 20.2. The smallest absolute Gasteiger partial charge is 0.247 e. The maximum absolute atomic E-state index is 13.6. The van der Waals surface area contributed by atoms with Crippen molar-refractivity contribution in [2.45, 2.75) is 43.7 Å². The van der Waals surface area contributed by atoms with Gasteiger partial charge in [0.2, 0.25) is 15.9 Å². The van der Waals surface area contributed by atoms with E-state index in [1.807, 2.05) is 37.3 Å². The molecular formula is C25H32N2O5S. The number of hydrogen-bond acceptors (Lipinski definition) is 5. The van der Waals surface area contributed by atoms with Crippen molar-refractivity contribution in [3.63, 3.8) is 0 Å². The fourth-order valence-electron chi connectivity index (χ4n) is 4.26. The summed E-state index contributed by atoms with van der Waals surface area (Å²) in [4.78, 5) is 14.4. The van der Waals surface area contributed by atoms with Crippen LogP contribution in [-0.4, -0.2) is 67.5 Å². The first-order valence-corrected chi connectivity index (χ1v) is 12.9. The maximum atomic E-state index is 13.6. The van der Waals surface area contributed by atoms with Gasteiger partial charge in [-0.3, -0.25) is 4.79 Å². The highest BCUT2D eigenvalue weighted by molar-refractivity contribution is 7.89. The Labute approximate surface area is 196 Å². The minimum Gasteiger partial charge on any atom is -0.487 e. The van der Waals surface area contributed by atoms with Crippen LogP contribution in [0.15, 0.2) is 53.4 Å². The summed E-state index contributed by atoms with van der Waals surface area (Å²) >= 11 is 0. The molecule has 7 nitrogen and oxygen atoms in total. The number of carbonyl (C=O) groups excluding carboxylic acids is 1. The van der Waals surface area contributed by atoms with Gasteiger partial charge in [0.1, 0.15) is 16.7 Å². The SMILES string of the molecule is C[C@@H]1CN([C@@H](C)CO)S(=O)(=O)c2ccc(-c3ccccc3)cc2O[C@H]1CN(C)C(=O)C1CC1. The van der Waals surface area contributed by atoms with Gasteiger partial charge in [-0.05, 0) is 43.0 Å². The summed E-state index contributed by atoms with van der Waals surface area (Å²) < 4.78 is 34.9. The summed E-state index contributed by atoms with van der Waals surface area (Å²) in [6.45, 7) is 3.91. The predicted molar refractivity (Wildman–Crippen MR) is 126 cm³/mol. The minimum absolute atomic E-state index is 0.0792. The van der Waals surface area contributed by atoms with Gasteiger partial charge in [-0.1, -0.05) is 43.3 Å². The van der Waals surface area contributed by atoms with Crippen LogP contribution < -0.4 is 4.74 Å². The van der Waals surface area contributed by atoms with Crippen molar-refractivity contribution >= 4 is 15.9 Å². The third-order valence-electron chi connectivity index (χ3n) is 6.53. The van der Waals surface area contributed by atoms with Crippen LogP contribution in [0.25, 0.3) is 11.1 Å². The van der Waals surface area contributed by atoms with E-state index in [0.717, 1.165) is 24.0 Å². The highest BCUT2D eigenvalue weighted by atomic mass is 32.2. The van der Waals surface area contributed by atoms with Crippen molar-refractivity contribution < 1.29 is 23.1 Å². The standard InChI is InChI=1S/C25H32N2O5S/c1-17-14-27(18(2)16-28)33(30,31)24-12-11-21(19-7-5-4-6-8-19)13-22(24)32-23(17)15-26(3)25(29)20-9-10-20/h4-8,11-13,17-18,20,23,28H,9-10,14-16H2,1-3H3/t17-,18+,23+/m1/s1. The molecule has 1 heterocycles. The number of aliphatic hydroxyl groups is 1. The average molecular weight is 473 g/mol. The Morgan fingerprint density at radius 2 is 1.88 bits per heavy atom. The van der Waals surface area contributed by atoms with Crippen molar-refractivity contribution in [2.24, 2.45) is 11.8 Å². The molecule has 4 rings (SSSR count). The van der Waals surface area contributed by atoms with Crippen LogP contribution in [0.5, 0.6) is 5.75 Å². The summed E-state index contributed by atoms with van der Waals surface area (Å²) in [6.07, 6.45) is 1.45. The zero-order chi connectivity index (χ0) is 23.8. The van der Waals surface area contributed by atoms with E-state index in [1.54, 1.807) is 37.1 Å². The molecule has 1 N–H and O–H groups in total. The molecule has 178 valence electrons. The molecule has 3 atom stereocenters. The second kappa shape index (κ2) is 9.44. The van der Waals surface area contributed by atoms with Gasteiger partial charge in [-0.25, -0.2) is 8.42 Å². The number of fused-ring (bicyclic) bond motifs is 1. The Kier molecular flexibility index (Phi) is 6.79. The maximum Gasteiger partial charge on any atom is 0.247 e. The van der Waals surface area contributed by atoms with Gasteiger partial charge in [-0.15, -0.1) is 0 Å². The third kappa shape index (κ3) is 4.93. The summed E-state index contributed by atoms with van der Waals surface area (Å²) in [7, 11) is -2.11. The van der Waals surface area contributed by atoms with Gasteiger partial charge in [0, 0.05) is 31.5 Å². The second-order valence-corrected chi connectivity index (χ2v) is 11.1. The molecule has 0 aromatic heterocycles. The number of aliphatic hydroxyl groups excluding tert-OH is 1. The molecule has 0 bridgehead atoms. The van der Waals surface area contributed by atoms with Crippen molar-refractivity contribution in [3.05, 3.63) is 48.5 Å². The van der Waals surface area contributed by atoms with Crippen LogP contribution in [-0.2, 0) is 14.8 Å². The molecule has 1 aliphatic heterocycles. The number of likely N-dealkylation sites (N-methyl/N-ethyl adjacent to an activating group) is 1. The minimum atomic E-state index is -3.89. The fraction of sp³-hybridized carbons (Fsp3) is 0.480. The lowest BCUT2D eigenvalue weighted by atomic mass is 10.0. The summed E-state index contributed by atoms with van der Waals surface area (Å²) in [5, 5.41) is 9.77. The van der Waals surface area contributed by atoms with Crippen molar-refractivity contribution in [1.29, 1.82) is 0 Å². The Morgan fingerprint density at radius 3 is 2.52 bits per heavy atom. The molecule has 2 aromatic carbocycles. The molecule has 1 saturated carbocycles. The topological polar surface area (TPSA) is 87.2 Å². The van der Waals surface area contributed by atoms with Crippen LogP contribution in [0, 0.1) is 11.8 Å². The monoisotopic (exact) mass is 472 g/mol. The Hall–Kier alpha value is -2.42. The van der Waals surface area contributed by atoms with E-state index in [4.69, 9.17) is 4.74 Å². The summed E-state index contributed by atoms with van der Waals surface area (Å²) in [5.41, 5.74) is 1.80. The van der Waals surface area contributed by atoms with Gasteiger partial charge in [0.15, 0.2) is 0 Å². The molecule has 1 fully saturated rings. The van der Waals surface area contributed by atoms with Gasteiger partial charge in [0.25, 0.3) is 0 Å². The molecule has 1 aliphatic carbocycles. The summed E-state index contributed by atoms with van der Waals surface area (Å²) in [6, 6.07) is 14.2. The van der Waals surface area contributed by atoms with Gasteiger partial charge in [-0.2, -0.15) is 4.31 Å². The second-order valence-electron chi connectivity index (χ2n) is 9.26. The lowest BCUT2D eigenvalue weighted by Crippen LogP contribution is -2.50. The van der Waals surface area contributed by atoms with E-state index in [-0.39, 0.29) is 41.5 Å². The largest absolute Gasteiger partial charge is 0.487 e. The highest BCUT2D eigenvalue weighted by Gasteiger charge is 2.39. The normalized spacial score (nSPS) is 23.5. The van der Waals surface area contributed by atoms with E-state index >= 15 is 0 Å². The number of sulfonamides is 1. The molecule has 1 amide bonds. The first kappa shape index (κ1) is 23.7.